The van der Waals surface area contributed by atoms with Gasteiger partial charge in [0, 0.05) is 6.61 Å². The molecular weight excluding hydrogens is 184 g/mol. The second kappa shape index (κ2) is 6.36. The Balaban J connectivity index is 3.12. The van der Waals surface area contributed by atoms with Crippen molar-refractivity contribution in [2.24, 2.45) is 0 Å². The Morgan fingerprint density at radius 3 is 2.25 bits per heavy atom. The minimum absolute atomic E-state index is 0.0566. The molecule has 12 heavy (non-hydrogen) atoms. The monoisotopic (exact) mass is 197 g/mol. The molecule has 74 valence electrons. The maximum Gasteiger partial charge on any atom is 0.0968 e. The zero-order chi connectivity index (χ0) is 9.45. The third-order valence-electron chi connectivity index (χ3n) is 1.05. The summed E-state index contributed by atoms with van der Waals surface area (Å²) in [5.41, 5.74) is 0. The van der Waals surface area contributed by atoms with Crippen LogP contribution in [0.15, 0.2) is 0 Å². The summed E-state index contributed by atoms with van der Waals surface area (Å²) in [4.78, 5) is 0. The highest BCUT2D eigenvalue weighted by Crippen LogP contribution is 1.83. The predicted octanol–water partition coefficient (Wildman–Crippen LogP) is -0.415. The predicted molar refractivity (Wildman–Crippen MR) is 41.9 cm³/mol. The number of rotatable bonds is 7. The molecule has 0 aliphatic carbocycles. The van der Waals surface area contributed by atoms with Crippen LogP contribution >= 0.6 is 0 Å². The van der Waals surface area contributed by atoms with E-state index in [1.54, 1.807) is 0 Å². The van der Waals surface area contributed by atoms with Gasteiger partial charge in [0.25, 0.3) is 0 Å². The summed E-state index contributed by atoms with van der Waals surface area (Å²) in [6.45, 7) is 3.14. The Bertz CT molecular complexity index is 186. The molecule has 0 spiro atoms. The van der Waals surface area contributed by atoms with Crippen LogP contribution in [0.1, 0.15) is 6.92 Å². The maximum atomic E-state index is 10.1. The van der Waals surface area contributed by atoms with Crippen molar-refractivity contribution in [1.82, 2.24) is 0 Å². The van der Waals surface area contributed by atoms with Gasteiger partial charge in [0.15, 0.2) is 0 Å². The van der Waals surface area contributed by atoms with Crippen molar-refractivity contribution in [3.8, 4) is 0 Å². The summed E-state index contributed by atoms with van der Waals surface area (Å²) < 4.78 is 39.9. The van der Waals surface area contributed by atoms with Gasteiger partial charge in [0.1, 0.15) is 0 Å². The molecule has 0 amide bonds. The molecule has 6 heteroatoms. The van der Waals surface area contributed by atoms with Crippen LogP contribution in [0.4, 0.5) is 0 Å². The number of hydrogen-bond acceptors (Lipinski definition) is 5. The standard InChI is InChI=1S/C6H14O5S/c1-2-10-3-4-11-5-6-12(7,8)9/h2-6H2,1H3,(H,7,8,9)/p-1. The molecule has 0 heterocycles. The largest absolute Gasteiger partial charge is 0.748 e. The van der Waals surface area contributed by atoms with Gasteiger partial charge in [-0.3, -0.25) is 0 Å². The van der Waals surface area contributed by atoms with E-state index in [0.29, 0.717) is 19.8 Å². The number of ether oxygens (including phenoxy) is 2. The van der Waals surface area contributed by atoms with Gasteiger partial charge in [-0.05, 0) is 6.92 Å². The molecular formula is C6H13O5S-. The third kappa shape index (κ3) is 9.83. The molecule has 0 aromatic carbocycles. The summed E-state index contributed by atoms with van der Waals surface area (Å²) in [5.74, 6) is -0.473. The first-order valence-corrected chi connectivity index (χ1v) is 5.23. The van der Waals surface area contributed by atoms with Crippen molar-refractivity contribution in [1.29, 1.82) is 0 Å². The van der Waals surface area contributed by atoms with Gasteiger partial charge in [-0.1, -0.05) is 0 Å². The first kappa shape index (κ1) is 11.8. The Morgan fingerprint density at radius 1 is 1.17 bits per heavy atom. The van der Waals surface area contributed by atoms with E-state index in [1.165, 1.54) is 0 Å². The summed E-state index contributed by atoms with van der Waals surface area (Å²) >= 11 is 0. The lowest BCUT2D eigenvalue weighted by Crippen LogP contribution is -2.13. The van der Waals surface area contributed by atoms with E-state index in [4.69, 9.17) is 9.47 Å². The highest BCUT2D eigenvalue weighted by Gasteiger charge is 1.94. The second-order valence-electron chi connectivity index (χ2n) is 2.07. The first-order valence-electron chi connectivity index (χ1n) is 3.65. The van der Waals surface area contributed by atoms with E-state index >= 15 is 0 Å². The van der Waals surface area contributed by atoms with Crippen LogP contribution < -0.4 is 0 Å². The van der Waals surface area contributed by atoms with Gasteiger partial charge < -0.3 is 14.0 Å². The molecule has 0 aliphatic heterocycles. The van der Waals surface area contributed by atoms with Crippen molar-refractivity contribution in [3.63, 3.8) is 0 Å². The van der Waals surface area contributed by atoms with Crippen LogP contribution in [0, 0.1) is 0 Å². The minimum Gasteiger partial charge on any atom is -0.748 e. The lowest BCUT2D eigenvalue weighted by atomic mass is 10.7. The molecule has 0 fully saturated rings. The normalized spacial score (nSPS) is 11.8. The van der Waals surface area contributed by atoms with Gasteiger partial charge >= 0.3 is 0 Å². The Morgan fingerprint density at radius 2 is 1.75 bits per heavy atom. The molecule has 0 aliphatic rings. The van der Waals surface area contributed by atoms with Gasteiger partial charge in [-0.15, -0.1) is 0 Å². The molecule has 0 aromatic heterocycles. The Hall–Kier alpha value is -0.170. The van der Waals surface area contributed by atoms with Crippen molar-refractivity contribution >= 4 is 10.1 Å². The summed E-state index contributed by atoms with van der Waals surface area (Å²) in [7, 11) is -4.13. The lowest BCUT2D eigenvalue weighted by molar-refractivity contribution is 0.0587. The van der Waals surface area contributed by atoms with Gasteiger partial charge in [0.2, 0.25) is 0 Å². The molecule has 0 saturated carbocycles. The fourth-order valence-electron chi connectivity index (χ4n) is 0.525. The molecule has 0 unspecified atom stereocenters. The van der Waals surface area contributed by atoms with Crippen molar-refractivity contribution in [2.75, 3.05) is 32.2 Å². The smallest absolute Gasteiger partial charge is 0.0968 e. The third-order valence-corrected chi connectivity index (χ3v) is 1.72. The van der Waals surface area contributed by atoms with Crippen LogP contribution in [-0.4, -0.2) is 45.2 Å². The van der Waals surface area contributed by atoms with E-state index in [2.05, 4.69) is 0 Å². The highest BCUT2D eigenvalue weighted by molar-refractivity contribution is 7.85. The van der Waals surface area contributed by atoms with Crippen LogP contribution in [0.3, 0.4) is 0 Å². The highest BCUT2D eigenvalue weighted by atomic mass is 32.2. The number of hydrogen-bond donors (Lipinski definition) is 0. The van der Waals surface area contributed by atoms with Crippen LogP contribution in [0.5, 0.6) is 0 Å². The molecule has 0 atom stereocenters. The zero-order valence-electron chi connectivity index (χ0n) is 6.99. The van der Waals surface area contributed by atoms with Crippen LogP contribution in [0.2, 0.25) is 0 Å². The molecule has 5 nitrogen and oxygen atoms in total. The van der Waals surface area contributed by atoms with Gasteiger partial charge in [0.05, 0.1) is 35.7 Å². The molecule has 0 saturated heterocycles. The summed E-state index contributed by atoms with van der Waals surface area (Å²) in [6, 6.07) is 0. The summed E-state index contributed by atoms with van der Waals surface area (Å²) in [6.07, 6.45) is 0. The first-order chi connectivity index (χ1) is 5.56. The fraction of sp³-hybridized carbons (Fsp3) is 1.00. The maximum absolute atomic E-state index is 10.1. The molecule has 0 N–H and O–H groups in total. The van der Waals surface area contributed by atoms with Crippen molar-refractivity contribution in [2.45, 2.75) is 6.92 Å². The summed E-state index contributed by atoms with van der Waals surface area (Å²) in [5, 5.41) is 0. The quantitative estimate of drug-likeness (QED) is 0.409. The van der Waals surface area contributed by atoms with Gasteiger partial charge in [-0.2, -0.15) is 0 Å². The average Bonchev–Trinajstić information content (AvgIpc) is 1.94. The van der Waals surface area contributed by atoms with Gasteiger partial charge in [-0.25, -0.2) is 8.42 Å². The topological polar surface area (TPSA) is 75.7 Å². The van der Waals surface area contributed by atoms with E-state index in [1.807, 2.05) is 6.92 Å². The van der Waals surface area contributed by atoms with Crippen molar-refractivity contribution < 1.29 is 22.4 Å². The zero-order valence-corrected chi connectivity index (χ0v) is 7.80. The molecule has 0 rings (SSSR count). The molecule has 0 aromatic rings. The average molecular weight is 197 g/mol. The van der Waals surface area contributed by atoms with Crippen molar-refractivity contribution in [3.05, 3.63) is 0 Å². The second-order valence-corrected chi connectivity index (χ2v) is 3.59. The fourth-order valence-corrected chi connectivity index (χ4v) is 0.847. The van der Waals surface area contributed by atoms with Crippen LogP contribution in [-0.2, 0) is 19.6 Å². The molecule has 0 radical (unpaired) electrons. The lowest BCUT2D eigenvalue weighted by Gasteiger charge is -2.07. The van der Waals surface area contributed by atoms with E-state index in [0.717, 1.165) is 0 Å². The van der Waals surface area contributed by atoms with Crippen LogP contribution in [0.25, 0.3) is 0 Å². The SMILES string of the molecule is CCOCCOCCS(=O)(=O)[O-]. The van der Waals surface area contributed by atoms with E-state index in [9.17, 15) is 13.0 Å². The minimum atomic E-state index is -4.13. The Labute approximate surface area is 72.4 Å². The van der Waals surface area contributed by atoms with E-state index < -0.39 is 15.9 Å². The molecule has 0 bridgehead atoms. The van der Waals surface area contributed by atoms with E-state index in [-0.39, 0.29) is 6.61 Å². The Kier molecular flexibility index (Phi) is 6.27.